The molecular formula is C13H10FN3O4. The second kappa shape index (κ2) is 4.65. The van der Waals surface area contributed by atoms with Gasteiger partial charge in [0.1, 0.15) is 6.04 Å². The van der Waals surface area contributed by atoms with E-state index in [0.29, 0.717) is 0 Å². The van der Waals surface area contributed by atoms with Crippen molar-refractivity contribution in [3.63, 3.8) is 0 Å². The van der Waals surface area contributed by atoms with Crippen LogP contribution in [0, 0.1) is 0 Å². The van der Waals surface area contributed by atoms with E-state index >= 15 is 0 Å². The van der Waals surface area contributed by atoms with Crippen LogP contribution in [-0.2, 0) is 9.59 Å². The summed E-state index contributed by atoms with van der Waals surface area (Å²) in [5.74, 6) is -2.55. The fraction of sp³-hybridized carbons (Fsp3) is 0.231. The van der Waals surface area contributed by atoms with Crippen molar-refractivity contribution in [1.29, 1.82) is 0 Å². The Morgan fingerprint density at radius 3 is 2.62 bits per heavy atom. The van der Waals surface area contributed by atoms with E-state index in [1.165, 1.54) is 23.7 Å². The summed E-state index contributed by atoms with van der Waals surface area (Å²) >= 11 is 0. The number of nitrogens with one attached hydrogen (secondary N) is 2. The van der Waals surface area contributed by atoms with Crippen molar-refractivity contribution in [3.8, 4) is 0 Å². The van der Waals surface area contributed by atoms with E-state index in [2.05, 4.69) is 5.32 Å². The number of halogens is 1. The van der Waals surface area contributed by atoms with Crippen molar-refractivity contribution in [2.75, 3.05) is 5.54 Å². The number of fused-ring (bicyclic) bond motifs is 1. The zero-order valence-corrected chi connectivity index (χ0v) is 10.7. The third-order valence-electron chi connectivity index (χ3n) is 3.57. The molecule has 4 amide bonds. The number of carbonyl (C=O) groups excluding carboxylic acids is 4. The van der Waals surface area contributed by atoms with E-state index in [-0.39, 0.29) is 29.7 Å². The van der Waals surface area contributed by atoms with Gasteiger partial charge in [-0.05, 0) is 18.6 Å². The molecule has 0 aromatic heterocycles. The molecule has 2 aliphatic rings. The Hall–Kier alpha value is -2.77. The fourth-order valence-electron chi connectivity index (χ4n) is 2.59. The maximum atomic E-state index is 12.7. The van der Waals surface area contributed by atoms with Crippen LogP contribution in [0.2, 0.25) is 0 Å². The minimum absolute atomic E-state index is 0.0346. The van der Waals surface area contributed by atoms with Crippen molar-refractivity contribution < 1.29 is 23.7 Å². The van der Waals surface area contributed by atoms with Gasteiger partial charge in [0.15, 0.2) is 0 Å². The average Bonchev–Trinajstić information content (AvgIpc) is 2.72. The highest BCUT2D eigenvalue weighted by Crippen LogP contribution is 2.32. The highest BCUT2D eigenvalue weighted by atomic mass is 19.2. The smallest absolute Gasteiger partial charge is 0.264 e. The van der Waals surface area contributed by atoms with Gasteiger partial charge in [-0.2, -0.15) is 0 Å². The fourth-order valence-corrected chi connectivity index (χ4v) is 2.59. The summed E-state index contributed by atoms with van der Waals surface area (Å²) in [6.45, 7) is 0. The monoisotopic (exact) mass is 291 g/mol. The molecule has 8 heteroatoms. The van der Waals surface area contributed by atoms with E-state index in [9.17, 15) is 23.7 Å². The molecule has 0 saturated carbocycles. The van der Waals surface area contributed by atoms with Crippen LogP contribution in [0.4, 0.5) is 10.2 Å². The Bertz CT molecular complexity index is 688. The van der Waals surface area contributed by atoms with Gasteiger partial charge in [-0.15, -0.1) is 4.48 Å². The summed E-state index contributed by atoms with van der Waals surface area (Å²) in [5.41, 5.74) is 1.17. The molecule has 1 fully saturated rings. The molecule has 1 saturated heterocycles. The van der Waals surface area contributed by atoms with Crippen LogP contribution in [0.15, 0.2) is 18.2 Å². The lowest BCUT2D eigenvalue weighted by atomic mass is 10.0. The number of imide groups is 2. The normalized spacial score (nSPS) is 21.4. The Kier molecular flexibility index (Phi) is 2.93. The molecule has 0 aliphatic carbocycles. The number of carbonyl (C=O) groups is 4. The van der Waals surface area contributed by atoms with Crippen molar-refractivity contribution >= 4 is 29.3 Å². The molecule has 1 aromatic rings. The van der Waals surface area contributed by atoms with Crippen molar-refractivity contribution in [2.24, 2.45) is 0 Å². The van der Waals surface area contributed by atoms with Gasteiger partial charge in [-0.1, -0.05) is 6.07 Å². The molecule has 21 heavy (non-hydrogen) atoms. The molecule has 1 atom stereocenters. The Labute approximate surface area is 118 Å². The van der Waals surface area contributed by atoms with Crippen molar-refractivity contribution in [1.82, 2.24) is 10.2 Å². The lowest BCUT2D eigenvalue weighted by Gasteiger charge is -2.27. The van der Waals surface area contributed by atoms with Crippen LogP contribution >= 0.6 is 0 Å². The van der Waals surface area contributed by atoms with Crippen molar-refractivity contribution in [3.05, 3.63) is 29.3 Å². The van der Waals surface area contributed by atoms with Gasteiger partial charge in [0.05, 0.1) is 16.8 Å². The molecule has 7 nitrogen and oxygen atoms in total. The number of nitrogens with zero attached hydrogens (tertiary/aromatic N) is 1. The zero-order valence-electron chi connectivity index (χ0n) is 10.7. The largest absolute Gasteiger partial charge is 0.295 e. The van der Waals surface area contributed by atoms with Gasteiger partial charge < -0.3 is 0 Å². The van der Waals surface area contributed by atoms with E-state index in [0.717, 1.165) is 4.90 Å². The topological polar surface area (TPSA) is 95.6 Å². The summed E-state index contributed by atoms with van der Waals surface area (Å²) in [4.78, 5) is 48.4. The Morgan fingerprint density at radius 1 is 1.19 bits per heavy atom. The molecule has 3 rings (SSSR count). The molecule has 0 radical (unpaired) electrons. The second-order valence-corrected chi connectivity index (χ2v) is 4.77. The predicted octanol–water partition coefficient (Wildman–Crippen LogP) is 0.384. The summed E-state index contributed by atoms with van der Waals surface area (Å²) in [5, 5.41) is 2.09. The van der Waals surface area contributed by atoms with Crippen LogP contribution in [0.1, 0.15) is 33.6 Å². The van der Waals surface area contributed by atoms with E-state index in [4.69, 9.17) is 0 Å². The second-order valence-electron chi connectivity index (χ2n) is 4.77. The van der Waals surface area contributed by atoms with Gasteiger partial charge in [-0.3, -0.25) is 29.4 Å². The van der Waals surface area contributed by atoms with Crippen LogP contribution in [0.5, 0.6) is 0 Å². The summed E-state index contributed by atoms with van der Waals surface area (Å²) in [6.07, 6.45) is 0.104. The summed E-state index contributed by atoms with van der Waals surface area (Å²) < 4.78 is 12.7. The minimum Gasteiger partial charge on any atom is -0.295 e. The van der Waals surface area contributed by atoms with E-state index in [1.54, 1.807) is 0 Å². The first kappa shape index (κ1) is 13.2. The molecule has 0 bridgehead atoms. The van der Waals surface area contributed by atoms with Crippen LogP contribution in [-0.4, -0.2) is 34.6 Å². The first-order chi connectivity index (χ1) is 10.0. The molecule has 2 heterocycles. The van der Waals surface area contributed by atoms with Gasteiger partial charge in [0.25, 0.3) is 11.8 Å². The standard InChI is InChI=1S/C13H10FN3O4/c14-16-7-3-1-2-6-10(7)13(21)17(12(6)20)8-4-5-9(18)15-11(8)19/h1-3,8,16H,4-5H2,(H,15,18,19). The van der Waals surface area contributed by atoms with Gasteiger partial charge in [-0.25, -0.2) is 5.54 Å². The quantitative estimate of drug-likeness (QED) is 0.607. The van der Waals surface area contributed by atoms with Crippen LogP contribution < -0.4 is 10.9 Å². The molecule has 2 aliphatic heterocycles. The Morgan fingerprint density at radius 2 is 1.95 bits per heavy atom. The Balaban J connectivity index is 2.00. The molecule has 0 spiro atoms. The van der Waals surface area contributed by atoms with Gasteiger partial charge in [0.2, 0.25) is 11.8 Å². The number of amides is 4. The predicted molar refractivity (Wildman–Crippen MR) is 67.8 cm³/mol. The maximum Gasteiger partial charge on any atom is 0.264 e. The van der Waals surface area contributed by atoms with E-state index < -0.39 is 29.7 Å². The third kappa shape index (κ3) is 1.87. The highest BCUT2D eigenvalue weighted by molar-refractivity contribution is 6.25. The van der Waals surface area contributed by atoms with Gasteiger partial charge in [0, 0.05) is 6.42 Å². The molecule has 1 aromatic carbocycles. The van der Waals surface area contributed by atoms with Crippen molar-refractivity contribution in [2.45, 2.75) is 18.9 Å². The maximum absolute atomic E-state index is 12.7. The average molecular weight is 291 g/mol. The number of hydrogen-bond donors (Lipinski definition) is 2. The van der Waals surface area contributed by atoms with E-state index in [1.807, 2.05) is 0 Å². The first-order valence-corrected chi connectivity index (χ1v) is 6.26. The lowest BCUT2D eigenvalue weighted by Crippen LogP contribution is -2.54. The minimum atomic E-state index is -1.05. The molecule has 108 valence electrons. The number of hydrogen-bond acceptors (Lipinski definition) is 5. The number of rotatable bonds is 2. The highest BCUT2D eigenvalue weighted by Gasteiger charge is 2.45. The molecule has 2 N–H and O–H groups in total. The number of piperidine rings is 1. The van der Waals surface area contributed by atoms with Crippen LogP contribution in [0.25, 0.3) is 0 Å². The van der Waals surface area contributed by atoms with Crippen LogP contribution in [0.3, 0.4) is 0 Å². The third-order valence-corrected chi connectivity index (χ3v) is 3.57. The SMILES string of the molecule is O=C1CCC(N2C(=O)c3cccc(NF)c3C2=O)C(=O)N1. The first-order valence-electron chi connectivity index (χ1n) is 6.26. The lowest BCUT2D eigenvalue weighted by molar-refractivity contribution is -0.136. The van der Waals surface area contributed by atoms with Gasteiger partial charge >= 0.3 is 0 Å². The molecular weight excluding hydrogens is 281 g/mol. The number of anilines is 1. The number of benzene rings is 1. The zero-order chi connectivity index (χ0) is 15.1. The summed E-state index contributed by atoms with van der Waals surface area (Å²) in [6, 6.07) is 3.09. The molecule has 1 unspecified atom stereocenters. The summed E-state index contributed by atoms with van der Waals surface area (Å²) in [7, 11) is 0.